The van der Waals surface area contributed by atoms with Crippen molar-refractivity contribution in [3.8, 4) is 0 Å². The molecule has 0 fully saturated rings. The van der Waals surface area contributed by atoms with Crippen LogP contribution in [0.4, 0.5) is 0 Å². The lowest BCUT2D eigenvalue weighted by Crippen LogP contribution is -2.73. The summed E-state index contributed by atoms with van der Waals surface area (Å²) in [5.74, 6) is 0. The zero-order valence-electron chi connectivity index (χ0n) is 23.8. The standard InChI is InChI=1S/C30H40O4Si5/c1-35(2)31-38(27-19-11-7-12-20-27,28-21-13-8-14-22-28)33-37(5,6)34-39(32-36(3)4,29-23-15-9-16-24-29)30-25-17-10-18-26-30/h7-26,35-36H,1-6H3. The van der Waals surface area contributed by atoms with E-state index in [-0.39, 0.29) is 0 Å². The molecular weight excluding hydrogens is 565 g/mol. The van der Waals surface area contributed by atoms with Crippen molar-refractivity contribution < 1.29 is 16.5 Å². The van der Waals surface area contributed by atoms with Crippen molar-refractivity contribution in [3.63, 3.8) is 0 Å². The summed E-state index contributed by atoms with van der Waals surface area (Å²) < 4.78 is 28.9. The Morgan fingerprint density at radius 3 is 0.846 bits per heavy atom. The summed E-state index contributed by atoms with van der Waals surface area (Å²) in [5, 5.41) is 4.42. The van der Waals surface area contributed by atoms with Gasteiger partial charge in [0.25, 0.3) is 0 Å². The minimum atomic E-state index is -3.11. The van der Waals surface area contributed by atoms with Gasteiger partial charge in [-0.05, 0) is 60.0 Å². The molecule has 39 heavy (non-hydrogen) atoms. The molecule has 4 aromatic rings. The lowest BCUT2D eigenvalue weighted by molar-refractivity contribution is 0.319. The van der Waals surface area contributed by atoms with Crippen LogP contribution < -0.4 is 20.7 Å². The van der Waals surface area contributed by atoms with Crippen molar-refractivity contribution in [2.24, 2.45) is 0 Å². The van der Waals surface area contributed by atoms with E-state index in [9.17, 15) is 0 Å². The van der Waals surface area contributed by atoms with Crippen LogP contribution in [-0.4, -0.2) is 43.8 Å². The third kappa shape index (κ3) is 7.12. The third-order valence-corrected chi connectivity index (χ3v) is 23.2. The van der Waals surface area contributed by atoms with Gasteiger partial charge in [-0.15, -0.1) is 0 Å². The molecule has 0 aliphatic heterocycles. The van der Waals surface area contributed by atoms with E-state index in [1.807, 2.05) is 24.3 Å². The summed E-state index contributed by atoms with van der Waals surface area (Å²) in [4.78, 5) is 0. The van der Waals surface area contributed by atoms with E-state index in [4.69, 9.17) is 16.5 Å². The first-order chi connectivity index (χ1) is 18.7. The molecule has 0 bridgehead atoms. The van der Waals surface area contributed by atoms with E-state index in [0.717, 1.165) is 20.7 Å². The molecule has 0 aliphatic carbocycles. The highest BCUT2D eigenvalue weighted by atomic mass is 28.5. The maximum atomic E-state index is 7.43. The lowest BCUT2D eigenvalue weighted by atomic mass is 10.4. The lowest BCUT2D eigenvalue weighted by Gasteiger charge is -2.44. The molecule has 0 unspecified atom stereocenters. The highest BCUT2D eigenvalue weighted by molar-refractivity contribution is 7.04. The number of hydrogen-bond acceptors (Lipinski definition) is 4. The van der Waals surface area contributed by atoms with Gasteiger partial charge in [-0.25, -0.2) is 0 Å². The smallest absolute Gasteiger partial charge is 0.387 e. The normalized spacial score (nSPS) is 12.7. The quantitative estimate of drug-likeness (QED) is 0.227. The van der Waals surface area contributed by atoms with Crippen molar-refractivity contribution in [3.05, 3.63) is 121 Å². The van der Waals surface area contributed by atoms with Crippen LogP contribution in [0, 0.1) is 0 Å². The van der Waals surface area contributed by atoms with E-state index in [1.165, 1.54) is 0 Å². The predicted octanol–water partition coefficient (Wildman–Crippen LogP) is 4.23. The summed E-state index contributed by atoms with van der Waals surface area (Å²) in [5.41, 5.74) is 0. The molecule has 9 heteroatoms. The third-order valence-electron chi connectivity index (χ3n) is 6.20. The van der Waals surface area contributed by atoms with Crippen molar-refractivity contribution in [2.45, 2.75) is 39.3 Å². The number of hydrogen-bond donors (Lipinski definition) is 0. The van der Waals surface area contributed by atoms with Gasteiger partial charge in [-0.3, -0.25) is 0 Å². The molecule has 0 amide bonds. The van der Waals surface area contributed by atoms with Crippen LogP contribution in [0.15, 0.2) is 121 Å². The topological polar surface area (TPSA) is 36.9 Å². The summed E-state index contributed by atoms with van der Waals surface area (Å²) >= 11 is 0. The second-order valence-corrected chi connectivity index (χ2v) is 25.9. The van der Waals surface area contributed by atoms with E-state index in [2.05, 4.69) is 136 Å². The Labute approximate surface area is 240 Å². The van der Waals surface area contributed by atoms with Crippen molar-refractivity contribution in [1.82, 2.24) is 0 Å². The van der Waals surface area contributed by atoms with Gasteiger partial charge in [0.15, 0.2) is 18.1 Å². The maximum absolute atomic E-state index is 7.43. The highest BCUT2D eigenvalue weighted by Crippen LogP contribution is 2.24. The van der Waals surface area contributed by atoms with Crippen LogP contribution in [0.2, 0.25) is 39.3 Å². The molecule has 204 valence electrons. The van der Waals surface area contributed by atoms with Crippen LogP contribution in [0.1, 0.15) is 0 Å². The molecule has 0 saturated carbocycles. The highest BCUT2D eigenvalue weighted by Gasteiger charge is 2.53. The Morgan fingerprint density at radius 1 is 0.410 bits per heavy atom. The summed E-state index contributed by atoms with van der Waals surface area (Å²) in [6, 6.07) is 42.0. The van der Waals surface area contributed by atoms with Gasteiger partial charge < -0.3 is 16.5 Å². The molecule has 0 aliphatic rings. The van der Waals surface area contributed by atoms with Gasteiger partial charge in [0.2, 0.25) is 0 Å². The van der Waals surface area contributed by atoms with Crippen LogP contribution in [0.5, 0.6) is 0 Å². The maximum Gasteiger partial charge on any atom is 0.387 e. The monoisotopic (exact) mass is 604 g/mol. The molecule has 4 rings (SSSR count). The second-order valence-electron chi connectivity index (χ2n) is 10.6. The second kappa shape index (κ2) is 13.0. The minimum Gasteiger partial charge on any atom is -0.433 e. The Bertz CT molecular complexity index is 1110. The first-order valence-electron chi connectivity index (χ1n) is 13.6. The molecule has 4 nitrogen and oxygen atoms in total. The van der Waals surface area contributed by atoms with Crippen LogP contribution in [0.25, 0.3) is 0 Å². The summed E-state index contributed by atoms with van der Waals surface area (Å²) in [6.45, 7) is 13.2. The fourth-order valence-corrected chi connectivity index (χ4v) is 24.8. The van der Waals surface area contributed by atoms with Crippen molar-refractivity contribution in [1.29, 1.82) is 0 Å². The number of rotatable bonds is 12. The summed E-state index contributed by atoms with van der Waals surface area (Å²) in [6.07, 6.45) is 0. The van der Waals surface area contributed by atoms with Crippen molar-refractivity contribution in [2.75, 3.05) is 0 Å². The van der Waals surface area contributed by atoms with Gasteiger partial charge in [0.05, 0.1) is 0 Å². The van der Waals surface area contributed by atoms with Crippen molar-refractivity contribution >= 4 is 64.5 Å². The van der Waals surface area contributed by atoms with E-state index >= 15 is 0 Å². The molecule has 0 spiro atoms. The molecule has 0 radical (unpaired) electrons. The average Bonchev–Trinajstić information content (AvgIpc) is 2.93. The minimum absolute atomic E-state index is 1.10. The van der Waals surface area contributed by atoms with Gasteiger partial charge in [0.1, 0.15) is 0 Å². The van der Waals surface area contributed by atoms with Gasteiger partial charge in [-0.2, -0.15) is 0 Å². The van der Waals surface area contributed by atoms with Gasteiger partial charge in [-0.1, -0.05) is 121 Å². The fraction of sp³-hybridized carbons (Fsp3) is 0.200. The van der Waals surface area contributed by atoms with Crippen LogP contribution in [0.3, 0.4) is 0 Å². The molecule has 0 N–H and O–H groups in total. The number of benzene rings is 4. The van der Waals surface area contributed by atoms with E-state index < -0.39 is 43.8 Å². The first kappa shape index (κ1) is 29.8. The zero-order valence-corrected chi connectivity index (χ0v) is 29.1. The largest absolute Gasteiger partial charge is 0.433 e. The van der Waals surface area contributed by atoms with E-state index in [0.29, 0.717) is 0 Å². The molecule has 0 atom stereocenters. The Hall–Kier alpha value is -2.20. The van der Waals surface area contributed by atoms with Gasteiger partial charge >= 0.3 is 25.7 Å². The van der Waals surface area contributed by atoms with Gasteiger partial charge in [0, 0.05) is 0 Å². The first-order valence-corrected chi connectivity index (χ1v) is 25.7. The molecular formula is C30H40O4Si5. The molecule has 0 saturated heterocycles. The average molecular weight is 605 g/mol. The fourth-order valence-electron chi connectivity index (χ4n) is 4.90. The Balaban J connectivity index is 1.88. The summed E-state index contributed by atoms with van der Waals surface area (Å²) in [7, 11) is -12.2. The Kier molecular flexibility index (Phi) is 9.91. The molecule has 4 aromatic carbocycles. The molecule has 0 aromatic heterocycles. The zero-order chi connectivity index (χ0) is 27.9. The van der Waals surface area contributed by atoms with Crippen LogP contribution >= 0.6 is 0 Å². The van der Waals surface area contributed by atoms with Crippen LogP contribution in [-0.2, 0) is 16.5 Å². The van der Waals surface area contributed by atoms with E-state index in [1.54, 1.807) is 0 Å². The Morgan fingerprint density at radius 2 is 0.641 bits per heavy atom. The molecule has 0 heterocycles. The SMILES string of the molecule is C[SiH](C)O[Si](O[Si](C)(C)O[Si](O[SiH](C)C)(c1ccccc1)c1ccccc1)(c1ccccc1)c1ccccc1. The predicted molar refractivity (Wildman–Crippen MR) is 175 cm³/mol.